The van der Waals surface area contributed by atoms with Crippen molar-refractivity contribution in [2.75, 3.05) is 7.11 Å². The molecule has 2 aromatic carbocycles. The number of halogens is 2. The second kappa shape index (κ2) is 6.55. The van der Waals surface area contributed by atoms with Crippen LogP contribution in [-0.2, 0) is 6.54 Å². The average molecular weight is 282 g/mol. The van der Waals surface area contributed by atoms with Crippen molar-refractivity contribution in [1.82, 2.24) is 0 Å². The molecule has 0 fully saturated rings. The van der Waals surface area contributed by atoms with Gasteiger partial charge in [0.1, 0.15) is 11.6 Å². The van der Waals surface area contributed by atoms with Gasteiger partial charge in [-0.1, -0.05) is 12.1 Å². The van der Waals surface area contributed by atoms with Gasteiger partial charge in [0.25, 0.3) is 0 Å². The van der Waals surface area contributed by atoms with Gasteiger partial charge in [-0.15, -0.1) is 12.4 Å². The Hall–Kier alpha value is -1.58. The molecule has 2 rings (SSSR count). The van der Waals surface area contributed by atoms with E-state index in [-0.39, 0.29) is 18.2 Å². The third-order valence-electron chi connectivity index (χ3n) is 2.95. The Morgan fingerprint density at radius 1 is 1.11 bits per heavy atom. The van der Waals surface area contributed by atoms with Crippen molar-refractivity contribution in [3.05, 3.63) is 53.3 Å². The summed E-state index contributed by atoms with van der Waals surface area (Å²) in [5, 5.41) is 0. The third-order valence-corrected chi connectivity index (χ3v) is 2.95. The summed E-state index contributed by atoms with van der Waals surface area (Å²) < 4.78 is 18.2. The van der Waals surface area contributed by atoms with Crippen LogP contribution in [0.25, 0.3) is 11.1 Å². The summed E-state index contributed by atoms with van der Waals surface area (Å²) in [5.74, 6) is 0.589. The fraction of sp³-hybridized carbons (Fsp3) is 0.200. The number of ether oxygens (including phenoxy) is 1. The summed E-state index contributed by atoms with van der Waals surface area (Å²) >= 11 is 0. The summed E-state index contributed by atoms with van der Waals surface area (Å²) in [6.45, 7) is 2.39. The minimum atomic E-state index is -0.233. The van der Waals surface area contributed by atoms with Gasteiger partial charge in [0.2, 0.25) is 0 Å². The molecule has 0 heterocycles. The van der Waals surface area contributed by atoms with E-state index in [2.05, 4.69) is 0 Å². The molecule has 0 saturated heterocycles. The first kappa shape index (κ1) is 15.5. The molecule has 0 bridgehead atoms. The van der Waals surface area contributed by atoms with Crippen LogP contribution in [0.4, 0.5) is 4.39 Å². The zero-order valence-electron chi connectivity index (χ0n) is 10.9. The predicted octanol–water partition coefficient (Wildman–Crippen LogP) is 3.69. The molecule has 0 radical (unpaired) electrons. The van der Waals surface area contributed by atoms with E-state index in [1.54, 1.807) is 19.2 Å². The summed E-state index contributed by atoms with van der Waals surface area (Å²) in [7, 11) is 1.64. The molecule has 102 valence electrons. The molecule has 4 heteroatoms. The van der Waals surface area contributed by atoms with Crippen LogP contribution >= 0.6 is 12.4 Å². The minimum Gasteiger partial charge on any atom is -0.496 e. The van der Waals surface area contributed by atoms with E-state index in [9.17, 15) is 4.39 Å². The highest BCUT2D eigenvalue weighted by atomic mass is 35.5. The molecule has 19 heavy (non-hydrogen) atoms. The molecule has 2 aromatic rings. The maximum Gasteiger partial charge on any atom is 0.126 e. The molecule has 0 unspecified atom stereocenters. The van der Waals surface area contributed by atoms with Crippen LogP contribution in [-0.4, -0.2) is 7.11 Å². The molecule has 0 aliphatic carbocycles. The molecule has 0 atom stereocenters. The standard InChI is InChI=1S/C15H16FNO.ClH/c1-10-7-12(8-13(9-17)15(10)18-2)11-3-5-14(16)6-4-11;/h3-8H,9,17H2,1-2H3;1H. The maximum absolute atomic E-state index is 12.9. The van der Waals surface area contributed by atoms with Crippen LogP contribution < -0.4 is 10.5 Å². The second-order valence-corrected chi connectivity index (χ2v) is 4.20. The van der Waals surface area contributed by atoms with Gasteiger partial charge in [0, 0.05) is 12.1 Å². The quantitative estimate of drug-likeness (QED) is 0.931. The topological polar surface area (TPSA) is 35.2 Å². The third kappa shape index (κ3) is 3.25. The number of hydrogen-bond acceptors (Lipinski definition) is 2. The summed E-state index contributed by atoms with van der Waals surface area (Å²) in [6.07, 6.45) is 0. The lowest BCUT2D eigenvalue weighted by atomic mass is 9.99. The fourth-order valence-electron chi connectivity index (χ4n) is 2.10. The van der Waals surface area contributed by atoms with E-state index in [4.69, 9.17) is 10.5 Å². The van der Waals surface area contributed by atoms with E-state index < -0.39 is 0 Å². The number of nitrogens with two attached hydrogens (primary N) is 1. The monoisotopic (exact) mass is 281 g/mol. The highest BCUT2D eigenvalue weighted by Gasteiger charge is 2.08. The molecule has 2 N–H and O–H groups in total. The van der Waals surface area contributed by atoms with E-state index in [0.717, 1.165) is 28.0 Å². The fourth-order valence-corrected chi connectivity index (χ4v) is 2.10. The highest BCUT2D eigenvalue weighted by molar-refractivity contribution is 5.85. The van der Waals surface area contributed by atoms with Gasteiger partial charge in [-0.25, -0.2) is 4.39 Å². The molecular weight excluding hydrogens is 265 g/mol. The van der Waals surface area contributed by atoms with Crippen molar-refractivity contribution >= 4 is 12.4 Å². The Kier molecular flexibility index (Phi) is 5.33. The van der Waals surface area contributed by atoms with E-state index >= 15 is 0 Å². The highest BCUT2D eigenvalue weighted by Crippen LogP contribution is 2.30. The van der Waals surface area contributed by atoms with Crippen molar-refractivity contribution in [2.24, 2.45) is 5.73 Å². The Balaban J connectivity index is 0.00000180. The predicted molar refractivity (Wildman–Crippen MR) is 78.3 cm³/mol. The number of aryl methyl sites for hydroxylation is 1. The molecule has 0 aromatic heterocycles. The largest absolute Gasteiger partial charge is 0.496 e. The van der Waals surface area contributed by atoms with Crippen LogP contribution in [0.1, 0.15) is 11.1 Å². The average Bonchev–Trinajstić information content (AvgIpc) is 2.38. The molecule has 0 aliphatic rings. The Morgan fingerprint density at radius 3 is 2.26 bits per heavy atom. The Bertz CT molecular complexity index is 555. The van der Waals surface area contributed by atoms with E-state index in [1.807, 2.05) is 19.1 Å². The van der Waals surface area contributed by atoms with Crippen molar-refractivity contribution in [3.63, 3.8) is 0 Å². The molecule has 2 nitrogen and oxygen atoms in total. The van der Waals surface area contributed by atoms with Crippen molar-refractivity contribution in [1.29, 1.82) is 0 Å². The molecule has 0 amide bonds. The smallest absolute Gasteiger partial charge is 0.126 e. The normalized spacial score (nSPS) is 9.89. The molecule has 0 aliphatic heterocycles. The maximum atomic E-state index is 12.9. The number of methoxy groups -OCH3 is 1. The van der Waals surface area contributed by atoms with Gasteiger partial charge in [0.05, 0.1) is 7.11 Å². The Labute approximate surface area is 118 Å². The van der Waals surface area contributed by atoms with Crippen LogP contribution in [0, 0.1) is 12.7 Å². The van der Waals surface area contributed by atoms with Crippen molar-refractivity contribution in [3.8, 4) is 16.9 Å². The van der Waals surface area contributed by atoms with Crippen molar-refractivity contribution in [2.45, 2.75) is 13.5 Å². The van der Waals surface area contributed by atoms with Gasteiger partial charge in [0.15, 0.2) is 0 Å². The van der Waals surface area contributed by atoms with Gasteiger partial charge in [-0.3, -0.25) is 0 Å². The van der Waals surface area contributed by atoms with Gasteiger partial charge < -0.3 is 10.5 Å². The lowest BCUT2D eigenvalue weighted by Crippen LogP contribution is -2.02. The van der Waals surface area contributed by atoms with Crippen LogP contribution in [0.3, 0.4) is 0 Å². The lowest BCUT2D eigenvalue weighted by Gasteiger charge is -2.13. The number of rotatable bonds is 3. The van der Waals surface area contributed by atoms with Gasteiger partial charge >= 0.3 is 0 Å². The van der Waals surface area contributed by atoms with Gasteiger partial charge in [-0.2, -0.15) is 0 Å². The summed E-state index contributed by atoms with van der Waals surface area (Å²) in [6, 6.07) is 10.4. The second-order valence-electron chi connectivity index (χ2n) is 4.20. The summed E-state index contributed by atoms with van der Waals surface area (Å²) in [4.78, 5) is 0. The number of hydrogen-bond donors (Lipinski definition) is 1. The first-order valence-corrected chi connectivity index (χ1v) is 5.79. The Morgan fingerprint density at radius 2 is 1.74 bits per heavy atom. The first-order valence-electron chi connectivity index (χ1n) is 5.79. The minimum absolute atomic E-state index is 0. The zero-order valence-corrected chi connectivity index (χ0v) is 11.8. The SMILES string of the molecule is COc1c(C)cc(-c2ccc(F)cc2)cc1CN.Cl. The zero-order chi connectivity index (χ0) is 13.1. The van der Waals surface area contributed by atoms with Crippen LogP contribution in [0.15, 0.2) is 36.4 Å². The van der Waals surface area contributed by atoms with Crippen molar-refractivity contribution < 1.29 is 9.13 Å². The lowest BCUT2D eigenvalue weighted by molar-refractivity contribution is 0.407. The van der Waals surface area contributed by atoms with Gasteiger partial charge in [-0.05, 0) is 47.9 Å². The molecule has 0 saturated carbocycles. The summed E-state index contributed by atoms with van der Waals surface area (Å²) in [5.41, 5.74) is 9.70. The number of benzene rings is 2. The first-order chi connectivity index (χ1) is 8.65. The molecular formula is C15H17ClFNO. The van der Waals surface area contributed by atoms with E-state index in [0.29, 0.717) is 6.54 Å². The molecule has 0 spiro atoms. The van der Waals surface area contributed by atoms with Crippen LogP contribution in [0.2, 0.25) is 0 Å². The van der Waals surface area contributed by atoms with Crippen LogP contribution in [0.5, 0.6) is 5.75 Å². The van der Waals surface area contributed by atoms with E-state index in [1.165, 1.54) is 12.1 Å².